The molecule has 1 atom stereocenters. The lowest BCUT2D eigenvalue weighted by molar-refractivity contribution is 0.0398. The number of carbonyl (C=O) groups is 1. The van der Waals surface area contributed by atoms with Crippen molar-refractivity contribution in [2.75, 3.05) is 0 Å². The standard InChI is InChI=1S/C18H18N2O2/c21-17-11-12-19(13-15-7-3-1-4-8-15)18(22)20(17)14-16-9-5-2-6-10-16/h1-12,17,21H,13-14H2. The first kappa shape index (κ1) is 14.4. The van der Waals surface area contributed by atoms with E-state index in [4.69, 9.17) is 0 Å². The van der Waals surface area contributed by atoms with E-state index in [0.29, 0.717) is 13.1 Å². The Bertz CT molecular complexity index is 655. The Hall–Kier alpha value is -2.59. The molecule has 1 heterocycles. The van der Waals surface area contributed by atoms with Gasteiger partial charge in [0.2, 0.25) is 0 Å². The molecule has 0 saturated heterocycles. The summed E-state index contributed by atoms with van der Waals surface area (Å²) in [6, 6.07) is 19.3. The van der Waals surface area contributed by atoms with Crippen LogP contribution in [0.15, 0.2) is 72.9 Å². The highest BCUT2D eigenvalue weighted by Gasteiger charge is 2.28. The average Bonchev–Trinajstić information content (AvgIpc) is 2.56. The van der Waals surface area contributed by atoms with Crippen LogP contribution in [-0.4, -0.2) is 27.2 Å². The van der Waals surface area contributed by atoms with Gasteiger partial charge in [-0.25, -0.2) is 4.79 Å². The normalized spacial score (nSPS) is 17.9. The van der Waals surface area contributed by atoms with Crippen molar-refractivity contribution in [2.45, 2.75) is 19.3 Å². The Morgan fingerprint density at radius 2 is 1.41 bits per heavy atom. The fourth-order valence-corrected chi connectivity index (χ4v) is 2.47. The Kier molecular flexibility index (Phi) is 4.21. The van der Waals surface area contributed by atoms with E-state index in [-0.39, 0.29) is 6.03 Å². The fraction of sp³-hybridized carbons (Fsp3) is 0.167. The van der Waals surface area contributed by atoms with Crippen LogP contribution in [0.4, 0.5) is 4.79 Å². The maximum atomic E-state index is 12.6. The Morgan fingerprint density at radius 3 is 2.00 bits per heavy atom. The van der Waals surface area contributed by atoms with Gasteiger partial charge in [0, 0.05) is 6.20 Å². The third-order valence-corrected chi connectivity index (χ3v) is 3.64. The summed E-state index contributed by atoms with van der Waals surface area (Å²) in [6.07, 6.45) is 2.40. The molecule has 1 aliphatic heterocycles. The number of rotatable bonds is 4. The van der Waals surface area contributed by atoms with E-state index in [1.807, 2.05) is 60.7 Å². The van der Waals surface area contributed by atoms with Crippen LogP contribution in [0, 0.1) is 0 Å². The first-order valence-corrected chi connectivity index (χ1v) is 7.25. The van der Waals surface area contributed by atoms with Crippen LogP contribution in [-0.2, 0) is 13.1 Å². The lowest BCUT2D eigenvalue weighted by Crippen LogP contribution is -2.48. The lowest BCUT2D eigenvalue weighted by atomic mass is 10.2. The SMILES string of the molecule is O=C1N(Cc2ccccc2)C=CC(O)N1Cc1ccccc1. The van der Waals surface area contributed by atoms with E-state index >= 15 is 0 Å². The number of amides is 2. The minimum Gasteiger partial charge on any atom is -0.370 e. The number of benzene rings is 2. The van der Waals surface area contributed by atoms with Crippen LogP contribution in [0.25, 0.3) is 0 Å². The number of hydrogen-bond acceptors (Lipinski definition) is 2. The van der Waals surface area contributed by atoms with E-state index < -0.39 is 6.23 Å². The zero-order valence-electron chi connectivity index (χ0n) is 12.2. The predicted octanol–water partition coefficient (Wildman–Crippen LogP) is 2.96. The topological polar surface area (TPSA) is 43.8 Å². The molecule has 0 bridgehead atoms. The molecule has 4 heteroatoms. The monoisotopic (exact) mass is 294 g/mol. The molecule has 4 nitrogen and oxygen atoms in total. The molecule has 0 saturated carbocycles. The summed E-state index contributed by atoms with van der Waals surface area (Å²) in [4.78, 5) is 15.7. The largest absolute Gasteiger partial charge is 0.370 e. The van der Waals surface area contributed by atoms with E-state index in [1.54, 1.807) is 17.2 Å². The number of carbonyl (C=O) groups excluding carboxylic acids is 1. The van der Waals surface area contributed by atoms with Gasteiger partial charge >= 0.3 is 6.03 Å². The van der Waals surface area contributed by atoms with Gasteiger partial charge in [-0.15, -0.1) is 0 Å². The number of aliphatic hydroxyl groups is 1. The van der Waals surface area contributed by atoms with Gasteiger partial charge in [-0.2, -0.15) is 0 Å². The molecule has 1 N–H and O–H groups in total. The van der Waals surface area contributed by atoms with Crippen LogP contribution in [0.3, 0.4) is 0 Å². The molecule has 1 aliphatic rings. The highest BCUT2D eigenvalue weighted by molar-refractivity contribution is 5.77. The molecule has 2 aromatic carbocycles. The summed E-state index contributed by atoms with van der Waals surface area (Å²) in [7, 11) is 0. The molecule has 0 aromatic heterocycles. The van der Waals surface area contributed by atoms with E-state index in [0.717, 1.165) is 11.1 Å². The molecule has 0 spiro atoms. The van der Waals surface area contributed by atoms with Crippen molar-refractivity contribution in [3.8, 4) is 0 Å². The lowest BCUT2D eigenvalue weighted by Gasteiger charge is -2.35. The second kappa shape index (κ2) is 6.45. The maximum absolute atomic E-state index is 12.6. The van der Waals surface area contributed by atoms with Crippen LogP contribution in [0.5, 0.6) is 0 Å². The first-order chi connectivity index (χ1) is 10.7. The number of urea groups is 1. The van der Waals surface area contributed by atoms with Gasteiger partial charge in [-0.05, 0) is 17.2 Å². The second-order valence-corrected chi connectivity index (χ2v) is 5.26. The van der Waals surface area contributed by atoms with Crippen molar-refractivity contribution >= 4 is 6.03 Å². The van der Waals surface area contributed by atoms with E-state index in [9.17, 15) is 9.90 Å². The average molecular weight is 294 g/mol. The summed E-state index contributed by atoms with van der Waals surface area (Å²) >= 11 is 0. The van der Waals surface area contributed by atoms with E-state index in [2.05, 4.69) is 0 Å². The Morgan fingerprint density at radius 1 is 0.864 bits per heavy atom. The summed E-state index contributed by atoms with van der Waals surface area (Å²) in [5, 5.41) is 10.1. The maximum Gasteiger partial charge on any atom is 0.326 e. The van der Waals surface area contributed by atoms with Gasteiger partial charge < -0.3 is 5.11 Å². The highest BCUT2D eigenvalue weighted by atomic mass is 16.3. The van der Waals surface area contributed by atoms with Gasteiger partial charge in [0.15, 0.2) is 6.23 Å². The predicted molar refractivity (Wildman–Crippen MR) is 84.5 cm³/mol. The molecular weight excluding hydrogens is 276 g/mol. The quantitative estimate of drug-likeness (QED) is 0.942. The smallest absolute Gasteiger partial charge is 0.326 e. The molecule has 1 unspecified atom stereocenters. The zero-order valence-corrected chi connectivity index (χ0v) is 12.2. The molecule has 112 valence electrons. The Balaban J connectivity index is 1.75. The van der Waals surface area contributed by atoms with Crippen molar-refractivity contribution in [3.63, 3.8) is 0 Å². The number of nitrogens with zero attached hydrogens (tertiary/aromatic N) is 2. The van der Waals surface area contributed by atoms with Gasteiger partial charge in [-0.3, -0.25) is 9.80 Å². The van der Waals surface area contributed by atoms with Crippen LogP contribution < -0.4 is 0 Å². The minimum absolute atomic E-state index is 0.192. The molecule has 2 amide bonds. The summed E-state index contributed by atoms with van der Waals surface area (Å²) in [6.45, 7) is 0.880. The summed E-state index contributed by atoms with van der Waals surface area (Å²) in [5.74, 6) is 0. The van der Waals surface area contributed by atoms with Crippen molar-refractivity contribution in [3.05, 3.63) is 84.1 Å². The third kappa shape index (κ3) is 3.18. The second-order valence-electron chi connectivity index (χ2n) is 5.26. The van der Waals surface area contributed by atoms with Crippen LogP contribution in [0.1, 0.15) is 11.1 Å². The molecule has 0 aliphatic carbocycles. The molecule has 2 aromatic rings. The highest BCUT2D eigenvalue weighted by Crippen LogP contribution is 2.18. The minimum atomic E-state index is -0.889. The van der Waals surface area contributed by atoms with Gasteiger partial charge in [0.1, 0.15) is 0 Å². The molecule has 22 heavy (non-hydrogen) atoms. The molecule has 3 rings (SSSR count). The molecule has 0 radical (unpaired) electrons. The van der Waals surface area contributed by atoms with E-state index in [1.165, 1.54) is 4.90 Å². The fourth-order valence-electron chi connectivity index (χ4n) is 2.47. The van der Waals surface area contributed by atoms with Gasteiger partial charge in [0.05, 0.1) is 13.1 Å². The van der Waals surface area contributed by atoms with Crippen molar-refractivity contribution < 1.29 is 9.90 Å². The number of aliphatic hydroxyl groups excluding tert-OH is 1. The van der Waals surface area contributed by atoms with Crippen molar-refractivity contribution in [1.29, 1.82) is 0 Å². The van der Waals surface area contributed by atoms with Crippen molar-refractivity contribution in [2.24, 2.45) is 0 Å². The summed E-state index contributed by atoms with van der Waals surface area (Å²) < 4.78 is 0. The van der Waals surface area contributed by atoms with Gasteiger partial charge in [-0.1, -0.05) is 60.7 Å². The van der Waals surface area contributed by atoms with Gasteiger partial charge in [0.25, 0.3) is 0 Å². The van der Waals surface area contributed by atoms with Crippen molar-refractivity contribution in [1.82, 2.24) is 9.80 Å². The Labute approximate surface area is 129 Å². The zero-order chi connectivity index (χ0) is 15.4. The third-order valence-electron chi connectivity index (χ3n) is 3.64. The molecule has 0 fully saturated rings. The number of hydrogen-bond donors (Lipinski definition) is 1. The first-order valence-electron chi connectivity index (χ1n) is 7.25. The molecular formula is C18H18N2O2. The van der Waals surface area contributed by atoms with Crippen LogP contribution in [0.2, 0.25) is 0 Å². The summed E-state index contributed by atoms with van der Waals surface area (Å²) in [5.41, 5.74) is 2.04. The van der Waals surface area contributed by atoms with Crippen LogP contribution >= 0.6 is 0 Å².